The van der Waals surface area contributed by atoms with Crippen molar-refractivity contribution in [2.75, 3.05) is 18.0 Å². The molecule has 0 aliphatic carbocycles. The Morgan fingerprint density at radius 1 is 1.44 bits per heavy atom. The first-order valence-electron chi connectivity index (χ1n) is 8.72. The van der Waals surface area contributed by atoms with Gasteiger partial charge >= 0.3 is 0 Å². The number of carbonyl (C=O) groups excluding carboxylic acids is 2. The lowest BCUT2D eigenvalue weighted by molar-refractivity contribution is -0.384. The summed E-state index contributed by atoms with van der Waals surface area (Å²) < 4.78 is 0. The van der Waals surface area contributed by atoms with Crippen LogP contribution in [0.25, 0.3) is 0 Å². The Bertz CT molecular complexity index is 901. The topological polar surface area (TPSA) is 95.8 Å². The first-order chi connectivity index (χ1) is 12.9. The van der Waals surface area contributed by atoms with Gasteiger partial charge in [0.2, 0.25) is 11.8 Å². The Balaban J connectivity index is 1.87. The van der Waals surface area contributed by atoms with Gasteiger partial charge in [-0.15, -0.1) is 6.58 Å². The Kier molecular flexibility index (Phi) is 3.99. The van der Waals surface area contributed by atoms with Gasteiger partial charge in [0.1, 0.15) is 0 Å². The van der Waals surface area contributed by atoms with Gasteiger partial charge in [0.25, 0.3) is 5.69 Å². The summed E-state index contributed by atoms with van der Waals surface area (Å²) in [5, 5.41) is 13.9. The molecule has 1 spiro atoms. The molecule has 27 heavy (non-hydrogen) atoms. The molecule has 2 saturated heterocycles. The number of nitrogens with one attached hydrogen (secondary N) is 1. The molecule has 3 aliphatic rings. The highest BCUT2D eigenvalue weighted by Gasteiger charge is 2.62. The number of anilines is 1. The van der Waals surface area contributed by atoms with E-state index in [2.05, 4.69) is 11.9 Å². The average Bonchev–Trinajstić information content (AvgIpc) is 3.13. The number of non-ortho nitro benzene ring substituents is 1. The number of nitro groups is 1. The average molecular weight is 386 g/mol. The van der Waals surface area contributed by atoms with Crippen molar-refractivity contribution in [3.8, 4) is 0 Å². The van der Waals surface area contributed by atoms with Crippen LogP contribution in [-0.4, -0.2) is 45.9 Å². The summed E-state index contributed by atoms with van der Waals surface area (Å²) in [6.07, 6.45) is 3.22. The maximum Gasteiger partial charge on any atom is 0.269 e. The highest BCUT2D eigenvalue weighted by molar-refractivity contribution is 7.80. The minimum absolute atomic E-state index is 0.0521. The number of thiocarbonyl (C=S) groups is 1. The Hall–Kier alpha value is -2.81. The molecule has 1 aromatic carbocycles. The van der Waals surface area contributed by atoms with E-state index in [4.69, 9.17) is 12.2 Å². The molecule has 1 aromatic rings. The van der Waals surface area contributed by atoms with Crippen LogP contribution in [0.1, 0.15) is 18.4 Å². The van der Waals surface area contributed by atoms with Crippen molar-refractivity contribution in [2.45, 2.75) is 25.3 Å². The first-order valence-corrected chi connectivity index (χ1v) is 9.13. The first kappa shape index (κ1) is 17.6. The van der Waals surface area contributed by atoms with Crippen molar-refractivity contribution in [2.24, 2.45) is 5.41 Å². The standard InChI is InChI=1S/C18H18N4O4S/c1-2-7-21-16(24)18(15(23)19-17(21)27)10-11-9-12(22(25)26)5-6-13(11)20-8-3-4-14(18)20/h2,5-6,9,14H,1,3-4,7-8,10H2,(H,19,23,27). The summed E-state index contributed by atoms with van der Waals surface area (Å²) in [6, 6.07) is 4.36. The lowest BCUT2D eigenvalue weighted by Gasteiger charge is -2.50. The zero-order valence-electron chi connectivity index (χ0n) is 14.5. The minimum atomic E-state index is -1.34. The molecule has 1 N–H and O–H groups in total. The van der Waals surface area contributed by atoms with E-state index in [1.165, 1.54) is 17.0 Å². The van der Waals surface area contributed by atoms with E-state index in [9.17, 15) is 19.7 Å². The van der Waals surface area contributed by atoms with Crippen LogP contribution in [0.4, 0.5) is 11.4 Å². The van der Waals surface area contributed by atoms with Crippen LogP contribution in [0.15, 0.2) is 30.9 Å². The molecule has 2 atom stereocenters. The number of nitrogens with zero attached hydrogens (tertiary/aromatic N) is 3. The quantitative estimate of drug-likeness (QED) is 0.278. The molecule has 2 fully saturated rings. The molecule has 140 valence electrons. The van der Waals surface area contributed by atoms with Gasteiger partial charge in [0.15, 0.2) is 10.5 Å². The predicted molar refractivity (Wildman–Crippen MR) is 102 cm³/mol. The number of nitro benzene ring substituents is 1. The van der Waals surface area contributed by atoms with Crippen LogP contribution in [0.3, 0.4) is 0 Å². The smallest absolute Gasteiger partial charge is 0.269 e. The van der Waals surface area contributed by atoms with Crippen LogP contribution in [0.5, 0.6) is 0 Å². The van der Waals surface area contributed by atoms with E-state index < -0.39 is 16.2 Å². The van der Waals surface area contributed by atoms with Crippen molar-refractivity contribution >= 4 is 40.5 Å². The van der Waals surface area contributed by atoms with Crippen LogP contribution in [0, 0.1) is 15.5 Å². The van der Waals surface area contributed by atoms with E-state index in [0.29, 0.717) is 18.5 Å². The van der Waals surface area contributed by atoms with Gasteiger partial charge in [-0.05, 0) is 36.7 Å². The second kappa shape index (κ2) is 6.12. The summed E-state index contributed by atoms with van der Waals surface area (Å²) in [5.74, 6) is -0.780. The van der Waals surface area contributed by atoms with Gasteiger partial charge in [-0.1, -0.05) is 6.08 Å². The highest BCUT2D eigenvalue weighted by Crippen LogP contribution is 2.48. The third kappa shape index (κ3) is 2.38. The molecule has 3 heterocycles. The molecular formula is C18H18N4O4S. The van der Waals surface area contributed by atoms with Gasteiger partial charge in [0.05, 0.1) is 11.0 Å². The molecule has 0 saturated carbocycles. The summed E-state index contributed by atoms with van der Waals surface area (Å²) >= 11 is 5.17. The number of amides is 2. The molecule has 8 nitrogen and oxygen atoms in total. The molecule has 0 radical (unpaired) electrons. The maximum atomic E-state index is 13.5. The highest BCUT2D eigenvalue weighted by atomic mass is 32.1. The summed E-state index contributed by atoms with van der Waals surface area (Å²) in [7, 11) is 0. The second-order valence-corrected chi connectivity index (χ2v) is 7.42. The van der Waals surface area contributed by atoms with Gasteiger partial charge < -0.3 is 10.2 Å². The van der Waals surface area contributed by atoms with Crippen molar-refractivity contribution in [1.29, 1.82) is 0 Å². The summed E-state index contributed by atoms with van der Waals surface area (Å²) in [6.45, 7) is 4.56. The van der Waals surface area contributed by atoms with Crippen LogP contribution in [0.2, 0.25) is 0 Å². The molecular weight excluding hydrogens is 368 g/mol. The number of benzene rings is 1. The summed E-state index contributed by atoms with van der Waals surface area (Å²) in [5.41, 5.74) is 0.1000. The fraction of sp³-hybridized carbons (Fsp3) is 0.389. The van der Waals surface area contributed by atoms with E-state index >= 15 is 0 Å². The molecule has 0 aromatic heterocycles. The lowest BCUT2D eigenvalue weighted by Crippen LogP contribution is -2.71. The fourth-order valence-corrected chi connectivity index (χ4v) is 4.79. The van der Waals surface area contributed by atoms with Crippen molar-refractivity contribution in [1.82, 2.24) is 10.2 Å². The number of hydrogen-bond acceptors (Lipinski definition) is 6. The Labute approximate surface area is 161 Å². The van der Waals surface area contributed by atoms with Crippen LogP contribution in [-0.2, 0) is 16.0 Å². The lowest BCUT2D eigenvalue weighted by atomic mass is 9.68. The molecule has 0 bridgehead atoms. The van der Waals surface area contributed by atoms with Gasteiger partial charge in [-0.25, -0.2) is 0 Å². The third-order valence-corrected chi connectivity index (χ3v) is 6.01. The SMILES string of the molecule is C=CCN1C(=O)C2(Cc3cc([N+](=O)[O-])ccc3N3CCCC32)C(=O)NC1=S. The zero-order valence-corrected chi connectivity index (χ0v) is 15.3. The number of fused-ring (bicyclic) bond motifs is 4. The normalized spacial score (nSPS) is 26.7. The second-order valence-electron chi connectivity index (χ2n) is 7.03. The zero-order chi connectivity index (χ0) is 19.3. The molecule has 9 heteroatoms. The van der Waals surface area contributed by atoms with E-state index in [1.807, 2.05) is 4.90 Å². The minimum Gasteiger partial charge on any atom is -0.367 e. The van der Waals surface area contributed by atoms with E-state index in [-0.39, 0.29) is 35.7 Å². The predicted octanol–water partition coefficient (Wildman–Crippen LogP) is 1.54. The maximum absolute atomic E-state index is 13.5. The number of rotatable bonds is 3. The van der Waals surface area contributed by atoms with E-state index in [1.54, 1.807) is 12.1 Å². The van der Waals surface area contributed by atoms with Crippen LogP contribution >= 0.6 is 12.2 Å². The van der Waals surface area contributed by atoms with E-state index in [0.717, 1.165) is 12.1 Å². The molecule has 2 unspecified atom stereocenters. The van der Waals surface area contributed by atoms with Crippen molar-refractivity contribution < 1.29 is 14.5 Å². The molecule has 3 aliphatic heterocycles. The number of carbonyl (C=O) groups is 2. The number of hydrogen-bond donors (Lipinski definition) is 1. The monoisotopic (exact) mass is 386 g/mol. The van der Waals surface area contributed by atoms with Crippen LogP contribution < -0.4 is 10.2 Å². The third-order valence-electron chi connectivity index (χ3n) is 5.68. The Morgan fingerprint density at radius 2 is 2.22 bits per heavy atom. The van der Waals surface area contributed by atoms with Crippen molar-refractivity contribution in [3.05, 3.63) is 46.5 Å². The largest absolute Gasteiger partial charge is 0.367 e. The van der Waals surface area contributed by atoms with Gasteiger partial charge in [-0.3, -0.25) is 24.6 Å². The molecule has 2 amide bonds. The molecule has 4 rings (SSSR count). The summed E-state index contributed by atoms with van der Waals surface area (Å²) in [4.78, 5) is 40.7. The fourth-order valence-electron chi connectivity index (χ4n) is 4.54. The van der Waals surface area contributed by atoms with Crippen molar-refractivity contribution in [3.63, 3.8) is 0 Å². The van der Waals surface area contributed by atoms with Gasteiger partial charge in [-0.2, -0.15) is 0 Å². The Morgan fingerprint density at radius 3 is 2.93 bits per heavy atom. The van der Waals surface area contributed by atoms with Gasteiger partial charge in [0, 0.05) is 37.3 Å².